The molecule has 0 aliphatic rings. The van der Waals surface area contributed by atoms with E-state index in [1.54, 1.807) is 12.1 Å². The summed E-state index contributed by atoms with van der Waals surface area (Å²) >= 11 is 0. The van der Waals surface area contributed by atoms with Crippen LogP contribution < -0.4 is 5.73 Å². The van der Waals surface area contributed by atoms with Crippen molar-refractivity contribution in [2.24, 2.45) is 5.92 Å². The summed E-state index contributed by atoms with van der Waals surface area (Å²) in [6.07, 6.45) is 0. The fourth-order valence-electron chi connectivity index (χ4n) is 1.99. The van der Waals surface area contributed by atoms with E-state index in [4.69, 9.17) is 5.73 Å². The summed E-state index contributed by atoms with van der Waals surface area (Å²) in [5.41, 5.74) is 7.45. The molecule has 0 amide bonds. The lowest BCUT2D eigenvalue weighted by molar-refractivity contribution is -0.384. The second-order valence-corrected chi connectivity index (χ2v) is 5.56. The quantitative estimate of drug-likeness (QED) is 0.487. The van der Waals surface area contributed by atoms with Gasteiger partial charge in [-0.15, -0.1) is 0 Å². The molecule has 0 fully saturated rings. The van der Waals surface area contributed by atoms with E-state index < -0.39 is 0 Å². The smallest absolute Gasteiger partial charge is 0.269 e. The molecule has 0 spiro atoms. The fourth-order valence-corrected chi connectivity index (χ4v) is 1.99. The number of nitrogens with zero attached hydrogens (tertiary/aromatic N) is 2. The lowest BCUT2D eigenvalue weighted by Gasteiger charge is -2.28. The molecular formula is C14H23N3O2. The molecule has 0 saturated carbocycles. The molecule has 1 aromatic rings. The number of nitro groups is 1. The van der Waals surface area contributed by atoms with Gasteiger partial charge in [0.1, 0.15) is 0 Å². The van der Waals surface area contributed by atoms with Crippen LogP contribution in [-0.2, 0) is 6.54 Å². The van der Waals surface area contributed by atoms with Crippen LogP contribution in [0.25, 0.3) is 0 Å². The second-order valence-electron chi connectivity index (χ2n) is 5.56. The van der Waals surface area contributed by atoms with Crippen molar-refractivity contribution in [2.45, 2.75) is 40.3 Å². The summed E-state index contributed by atoms with van der Waals surface area (Å²) in [5.74, 6) is 0.544. The second kappa shape index (κ2) is 6.52. The minimum Gasteiger partial charge on any atom is -0.398 e. The number of hydrogen-bond donors (Lipinski definition) is 1. The van der Waals surface area contributed by atoms with E-state index in [2.05, 4.69) is 32.6 Å². The molecule has 0 heterocycles. The molecule has 0 atom stereocenters. The van der Waals surface area contributed by atoms with Gasteiger partial charge < -0.3 is 5.73 Å². The van der Waals surface area contributed by atoms with Gasteiger partial charge in [0.05, 0.1) is 4.92 Å². The molecule has 1 rings (SSSR count). The van der Waals surface area contributed by atoms with Crippen LogP contribution in [0, 0.1) is 16.0 Å². The monoisotopic (exact) mass is 265 g/mol. The van der Waals surface area contributed by atoms with Crippen molar-refractivity contribution in [2.75, 3.05) is 12.3 Å². The molecule has 5 nitrogen and oxygen atoms in total. The van der Waals surface area contributed by atoms with Gasteiger partial charge in [-0.1, -0.05) is 13.8 Å². The largest absolute Gasteiger partial charge is 0.398 e. The standard InChI is InChI=1S/C14H23N3O2/c1-10(2)8-16(11(3)4)9-12-7-13(17(18)19)5-6-14(12)15/h5-7,10-11H,8-9,15H2,1-4H3. The molecule has 5 heteroatoms. The van der Waals surface area contributed by atoms with E-state index in [1.807, 2.05) is 0 Å². The molecule has 0 aliphatic carbocycles. The van der Waals surface area contributed by atoms with Crippen LogP contribution in [0.4, 0.5) is 11.4 Å². The van der Waals surface area contributed by atoms with Gasteiger partial charge in [0.15, 0.2) is 0 Å². The Hall–Kier alpha value is -1.62. The summed E-state index contributed by atoms with van der Waals surface area (Å²) in [5, 5.41) is 10.8. The molecule has 0 aliphatic heterocycles. The summed E-state index contributed by atoms with van der Waals surface area (Å²) < 4.78 is 0. The van der Waals surface area contributed by atoms with Gasteiger partial charge in [0, 0.05) is 37.0 Å². The highest BCUT2D eigenvalue weighted by molar-refractivity contribution is 5.52. The molecule has 0 unspecified atom stereocenters. The van der Waals surface area contributed by atoms with Crippen molar-refractivity contribution >= 4 is 11.4 Å². The first-order valence-corrected chi connectivity index (χ1v) is 6.58. The van der Waals surface area contributed by atoms with Crippen LogP contribution in [0.15, 0.2) is 18.2 Å². The van der Waals surface area contributed by atoms with Crippen molar-refractivity contribution in [1.29, 1.82) is 0 Å². The minimum atomic E-state index is -0.384. The summed E-state index contributed by atoms with van der Waals surface area (Å²) in [7, 11) is 0. The maximum absolute atomic E-state index is 10.8. The Morgan fingerprint density at radius 2 is 1.95 bits per heavy atom. The van der Waals surface area contributed by atoms with Gasteiger partial charge >= 0.3 is 0 Å². The van der Waals surface area contributed by atoms with Crippen LogP contribution in [0.1, 0.15) is 33.3 Å². The van der Waals surface area contributed by atoms with Gasteiger partial charge in [-0.3, -0.25) is 15.0 Å². The van der Waals surface area contributed by atoms with Crippen LogP contribution in [0.5, 0.6) is 0 Å². The van der Waals surface area contributed by atoms with Crippen molar-refractivity contribution in [1.82, 2.24) is 4.90 Å². The zero-order chi connectivity index (χ0) is 14.6. The van der Waals surface area contributed by atoms with Crippen molar-refractivity contribution in [3.8, 4) is 0 Å². The Morgan fingerprint density at radius 3 is 2.42 bits per heavy atom. The third-order valence-electron chi connectivity index (χ3n) is 3.04. The van der Waals surface area contributed by atoms with Crippen molar-refractivity contribution in [3.05, 3.63) is 33.9 Å². The summed E-state index contributed by atoms with van der Waals surface area (Å²) in [6, 6.07) is 5.01. The number of non-ortho nitro benzene ring substituents is 1. The third-order valence-corrected chi connectivity index (χ3v) is 3.04. The topological polar surface area (TPSA) is 72.4 Å². The zero-order valence-electron chi connectivity index (χ0n) is 12.1. The Labute approximate surface area is 114 Å². The van der Waals surface area contributed by atoms with Crippen LogP contribution in [0.2, 0.25) is 0 Å². The highest BCUT2D eigenvalue weighted by Crippen LogP contribution is 2.22. The summed E-state index contributed by atoms with van der Waals surface area (Å²) in [6.45, 7) is 10.1. The highest BCUT2D eigenvalue weighted by Gasteiger charge is 2.15. The first-order valence-electron chi connectivity index (χ1n) is 6.58. The number of benzene rings is 1. The van der Waals surface area contributed by atoms with Gasteiger partial charge in [-0.05, 0) is 31.4 Å². The molecule has 106 valence electrons. The number of hydrogen-bond acceptors (Lipinski definition) is 4. The molecule has 0 aromatic heterocycles. The molecule has 1 aromatic carbocycles. The Bertz CT molecular complexity index is 444. The van der Waals surface area contributed by atoms with Gasteiger partial charge in [-0.2, -0.15) is 0 Å². The number of nitro benzene ring substituents is 1. The Morgan fingerprint density at radius 1 is 1.32 bits per heavy atom. The maximum Gasteiger partial charge on any atom is 0.269 e. The summed E-state index contributed by atoms with van der Waals surface area (Å²) in [4.78, 5) is 12.7. The van der Waals surface area contributed by atoms with E-state index >= 15 is 0 Å². The molecule has 19 heavy (non-hydrogen) atoms. The number of rotatable bonds is 6. The van der Waals surface area contributed by atoms with Crippen LogP contribution in [-0.4, -0.2) is 22.4 Å². The van der Waals surface area contributed by atoms with Crippen molar-refractivity contribution in [3.63, 3.8) is 0 Å². The zero-order valence-corrected chi connectivity index (χ0v) is 12.1. The predicted octanol–water partition coefficient (Wildman–Crippen LogP) is 3.04. The molecule has 0 radical (unpaired) electrons. The van der Waals surface area contributed by atoms with Crippen LogP contribution in [0.3, 0.4) is 0 Å². The number of nitrogen functional groups attached to an aromatic ring is 1. The molecule has 0 bridgehead atoms. The predicted molar refractivity (Wildman–Crippen MR) is 77.9 cm³/mol. The third kappa shape index (κ3) is 4.52. The minimum absolute atomic E-state index is 0.0949. The average molecular weight is 265 g/mol. The molecule has 2 N–H and O–H groups in total. The Kier molecular flexibility index (Phi) is 5.30. The molecule has 0 saturated heterocycles. The normalized spacial score (nSPS) is 11.5. The van der Waals surface area contributed by atoms with E-state index in [1.165, 1.54) is 6.07 Å². The van der Waals surface area contributed by atoms with E-state index in [0.29, 0.717) is 24.2 Å². The molecular weight excluding hydrogens is 242 g/mol. The first-order chi connectivity index (χ1) is 8.81. The van der Waals surface area contributed by atoms with Crippen molar-refractivity contribution < 1.29 is 4.92 Å². The van der Waals surface area contributed by atoms with E-state index in [9.17, 15) is 10.1 Å². The maximum atomic E-state index is 10.8. The van der Waals surface area contributed by atoms with Gasteiger partial charge in [0.25, 0.3) is 5.69 Å². The van der Waals surface area contributed by atoms with E-state index in [0.717, 1.165) is 12.1 Å². The average Bonchev–Trinajstić information content (AvgIpc) is 2.29. The van der Waals surface area contributed by atoms with Crippen LogP contribution >= 0.6 is 0 Å². The SMILES string of the molecule is CC(C)CN(Cc1cc([N+](=O)[O-])ccc1N)C(C)C. The highest BCUT2D eigenvalue weighted by atomic mass is 16.6. The Balaban J connectivity index is 2.95. The lowest BCUT2D eigenvalue weighted by atomic mass is 10.1. The van der Waals surface area contributed by atoms with Gasteiger partial charge in [0.2, 0.25) is 0 Å². The number of nitrogens with two attached hydrogens (primary N) is 1. The first kappa shape index (κ1) is 15.4. The lowest BCUT2D eigenvalue weighted by Crippen LogP contribution is -2.33. The fraction of sp³-hybridized carbons (Fsp3) is 0.571. The van der Waals surface area contributed by atoms with E-state index in [-0.39, 0.29) is 10.6 Å². The van der Waals surface area contributed by atoms with Gasteiger partial charge in [-0.25, -0.2) is 0 Å². The number of anilines is 1.